The number of ether oxygens (including phenoxy) is 1. The lowest BCUT2D eigenvalue weighted by Gasteiger charge is -2.14. The molecule has 0 bridgehead atoms. The van der Waals surface area contributed by atoms with Crippen LogP contribution in [-0.2, 0) is 17.9 Å². The molecule has 1 aromatic rings. The van der Waals surface area contributed by atoms with Crippen LogP contribution in [0.5, 0.6) is 0 Å². The Balaban J connectivity index is 1.78. The third kappa shape index (κ3) is 4.95. The predicted molar refractivity (Wildman–Crippen MR) is 81.7 cm³/mol. The first-order valence-corrected chi connectivity index (χ1v) is 8.20. The van der Waals surface area contributed by atoms with E-state index in [1.165, 1.54) is 44.1 Å². The lowest BCUT2D eigenvalue weighted by Crippen LogP contribution is -2.13. The first kappa shape index (κ1) is 15.6. The quantitative estimate of drug-likeness (QED) is 0.596. The molecule has 0 spiro atoms. The van der Waals surface area contributed by atoms with E-state index in [0.29, 0.717) is 12.7 Å². The molecule has 0 amide bonds. The van der Waals surface area contributed by atoms with Gasteiger partial charge in [0.25, 0.3) is 0 Å². The minimum Gasteiger partial charge on any atom is -0.462 e. The van der Waals surface area contributed by atoms with Crippen LogP contribution >= 0.6 is 0 Å². The zero-order valence-corrected chi connectivity index (χ0v) is 13.0. The van der Waals surface area contributed by atoms with Gasteiger partial charge in [0.2, 0.25) is 0 Å². The molecule has 1 fully saturated rings. The number of aryl methyl sites for hydroxylation is 1. The fourth-order valence-corrected chi connectivity index (χ4v) is 2.82. The van der Waals surface area contributed by atoms with Crippen LogP contribution < -0.4 is 5.32 Å². The summed E-state index contributed by atoms with van der Waals surface area (Å²) in [7, 11) is 0. The Hall–Kier alpha value is -0.800. The van der Waals surface area contributed by atoms with E-state index in [4.69, 9.17) is 9.15 Å². The van der Waals surface area contributed by atoms with Gasteiger partial charge in [0.15, 0.2) is 0 Å². The van der Waals surface area contributed by atoms with Crippen molar-refractivity contribution in [3.63, 3.8) is 0 Å². The maximum Gasteiger partial charge on any atom is 0.130 e. The van der Waals surface area contributed by atoms with Crippen LogP contribution in [0.15, 0.2) is 10.5 Å². The molecular formula is C17H29NO2. The molecule has 1 heterocycles. The van der Waals surface area contributed by atoms with Gasteiger partial charge in [-0.1, -0.05) is 32.6 Å². The third-order valence-corrected chi connectivity index (χ3v) is 4.05. The average Bonchev–Trinajstić information content (AvgIpc) is 2.66. The van der Waals surface area contributed by atoms with E-state index >= 15 is 0 Å². The minimum absolute atomic E-state index is 0.435. The lowest BCUT2D eigenvalue weighted by atomic mass is 10.1. The van der Waals surface area contributed by atoms with Crippen molar-refractivity contribution in [3.05, 3.63) is 23.2 Å². The first-order chi connectivity index (χ1) is 9.79. The van der Waals surface area contributed by atoms with Gasteiger partial charge in [0.1, 0.15) is 18.1 Å². The van der Waals surface area contributed by atoms with Crippen LogP contribution in [0.25, 0.3) is 0 Å². The second-order valence-corrected chi connectivity index (χ2v) is 5.92. The Morgan fingerprint density at radius 2 is 2.00 bits per heavy atom. The molecule has 0 aliphatic heterocycles. The van der Waals surface area contributed by atoms with Gasteiger partial charge in [0.05, 0.1) is 12.6 Å². The maximum absolute atomic E-state index is 6.03. The van der Waals surface area contributed by atoms with E-state index in [1.807, 2.05) is 0 Å². The van der Waals surface area contributed by atoms with Crippen molar-refractivity contribution in [2.75, 3.05) is 6.54 Å². The molecule has 3 nitrogen and oxygen atoms in total. The largest absolute Gasteiger partial charge is 0.462 e. The van der Waals surface area contributed by atoms with Crippen molar-refractivity contribution < 1.29 is 9.15 Å². The average molecular weight is 279 g/mol. The number of hydrogen-bond donors (Lipinski definition) is 1. The zero-order chi connectivity index (χ0) is 14.2. The molecule has 2 rings (SSSR count). The van der Waals surface area contributed by atoms with E-state index in [0.717, 1.165) is 31.0 Å². The Bertz CT molecular complexity index is 378. The number of hydrogen-bond acceptors (Lipinski definition) is 3. The molecule has 1 N–H and O–H groups in total. The molecule has 1 aliphatic carbocycles. The van der Waals surface area contributed by atoms with Gasteiger partial charge in [-0.2, -0.15) is 0 Å². The van der Waals surface area contributed by atoms with Crippen LogP contribution in [0.3, 0.4) is 0 Å². The molecule has 0 aromatic carbocycles. The van der Waals surface area contributed by atoms with E-state index in [2.05, 4.69) is 25.2 Å². The highest BCUT2D eigenvalue weighted by atomic mass is 16.5. The van der Waals surface area contributed by atoms with Crippen LogP contribution in [0.2, 0.25) is 0 Å². The summed E-state index contributed by atoms with van der Waals surface area (Å²) in [5, 5.41) is 3.38. The second-order valence-electron chi connectivity index (χ2n) is 5.92. The zero-order valence-electron chi connectivity index (χ0n) is 13.0. The van der Waals surface area contributed by atoms with Crippen LogP contribution in [-0.4, -0.2) is 12.6 Å². The lowest BCUT2D eigenvalue weighted by molar-refractivity contribution is 0.0215. The van der Waals surface area contributed by atoms with Crippen molar-refractivity contribution >= 4 is 0 Å². The highest BCUT2D eigenvalue weighted by Gasteiger charge is 2.14. The molecule has 3 heteroatoms. The molecule has 0 atom stereocenters. The van der Waals surface area contributed by atoms with E-state index in [-0.39, 0.29) is 0 Å². The Kier molecular flexibility index (Phi) is 6.61. The van der Waals surface area contributed by atoms with Gasteiger partial charge in [-0.05, 0) is 44.4 Å². The summed E-state index contributed by atoms with van der Waals surface area (Å²) in [6.07, 6.45) is 9.37. The summed E-state index contributed by atoms with van der Waals surface area (Å²) < 4.78 is 11.9. The maximum atomic E-state index is 6.03. The number of furan rings is 1. The smallest absolute Gasteiger partial charge is 0.130 e. The van der Waals surface area contributed by atoms with Crippen molar-refractivity contribution in [1.29, 1.82) is 0 Å². The summed E-state index contributed by atoms with van der Waals surface area (Å²) in [6.45, 7) is 6.77. The predicted octanol–water partition coefficient (Wildman–Crippen LogP) is 4.33. The molecule has 0 saturated heterocycles. The van der Waals surface area contributed by atoms with Crippen LogP contribution in [0, 0.1) is 6.92 Å². The van der Waals surface area contributed by atoms with Crippen LogP contribution in [0.1, 0.15) is 69.0 Å². The summed E-state index contributed by atoms with van der Waals surface area (Å²) in [6, 6.07) is 2.12. The van der Waals surface area contributed by atoms with Crippen LogP contribution in [0.4, 0.5) is 0 Å². The molecule has 1 aliphatic rings. The number of rotatable bonds is 7. The molecule has 0 radical (unpaired) electrons. The highest BCUT2D eigenvalue weighted by Crippen LogP contribution is 2.22. The first-order valence-electron chi connectivity index (χ1n) is 8.20. The molecule has 1 aromatic heterocycles. The molecule has 20 heavy (non-hydrogen) atoms. The normalized spacial score (nSPS) is 17.3. The number of nitrogens with one attached hydrogen (secondary N) is 1. The summed E-state index contributed by atoms with van der Waals surface area (Å²) in [4.78, 5) is 0. The highest BCUT2D eigenvalue weighted by molar-refractivity contribution is 5.19. The molecule has 0 unspecified atom stereocenters. The van der Waals surface area contributed by atoms with E-state index < -0.39 is 0 Å². The van der Waals surface area contributed by atoms with Gasteiger partial charge in [0, 0.05) is 0 Å². The van der Waals surface area contributed by atoms with Crippen molar-refractivity contribution in [1.82, 2.24) is 5.32 Å². The van der Waals surface area contributed by atoms with Crippen molar-refractivity contribution in [2.24, 2.45) is 0 Å². The Morgan fingerprint density at radius 1 is 1.25 bits per heavy atom. The van der Waals surface area contributed by atoms with Gasteiger partial charge >= 0.3 is 0 Å². The molecule has 114 valence electrons. The fraction of sp³-hybridized carbons (Fsp3) is 0.765. The Morgan fingerprint density at radius 3 is 2.70 bits per heavy atom. The van der Waals surface area contributed by atoms with Crippen molar-refractivity contribution in [3.8, 4) is 0 Å². The summed E-state index contributed by atoms with van der Waals surface area (Å²) in [5.41, 5.74) is 1.23. The van der Waals surface area contributed by atoms with E-state index in [1.54, 1.807) is 0 Å². The summed E-state index contributed by atoms with van der Waals surface area (Å²) >= 11 is 0. The fourth-order valence-electron chi connectivity index (χ4n) is 2.82. The van der Waals surface area contributed by atoms with Gasteiger partial charge in [-0.25, -0.2) is 0 Å². The standard InChI is InChI=1S/C17H29NO2/c1-3-10-18-12-17-14(2)11-16(20-17)13-19-15-8-6-4-5-7-9-15/h11,15,18H,3-10,12-13H2,1-2H3. The monoisotopic (exact) mass is 279 g/mol. The van der Waals surface area contributed by atoms with Gasteiger partial charge in [-0.3, -0.25) is 0 Å². The second kappa shape index (κ2) is 8.48. The van der Waals surface area contributed by atoms with Gasteiger partial charge in [-0.15, -0.1) is 0 Å². The minimum atomic E-state index is 0.435. The Labute approximate surface area is 123 Å². The van der Waals surface area contributed by atoms with Gasteiger partial charge < -0.3 is 14.5 Å². The summed E-state index contributed by atoms with van der Waals surface area (Å²) in [5.74, 6) is 2.03. The SMILES string of the molecule is CCCNCc1oc(COC2CCCCCC2)cc1C. The third-order valence-electron chi connectivity index (χ3n) is 4.05. The molecular weight excluding hydrogens is 250 g/mol. The van der Waals surface area contributed by atoms with Crippen molar-refractivity contribution in [2.45, 2.75) is 78.0 Å². The molecule has 1 saturated carbocycles. The van der Waals surface area contributed by atoms with E-state index in [9.17, 15) is 0 Å². The topological polar surface area (TPSA) is 34.4 Å².